The fourth-order valence-electron chi connectivity index (χ4n) is 1.74. The van der Waals surface area contributed by atoms with Crippen LogP contribution < -0.4 is 5.32 Å². The van der Waals surface area contributed by atoms with Crippen LogP contribution in [0.2, 0.25) is 0 Å². The van der Waals surface area contributed by atoms with Crippen molar-refractivity contribution in [2.45, 2.75) is 52.2 Å². The van der Waals surface area contributed by atoms with Gasteiger partial charge in [0.05, 0.1) is 0 Å². The summed E-state index contributed by atoms with van der Waals surface area (Å²) >= 11 is 3.47. The van der Waals surface area contributed by atoms with Crippen LogP contribution in [0.25, 0.3) is 0 Å². The Morgan fingerprint density at radius 3 is 2.37 bits per heavy atom. The maximum Gasteiger partial charge on any atom is 0.0234 e. The summed E-state index contributed by atoms with van der Waals surface area (Å²) < 4.78 is 1.14. The van der Waals surface area contributed by atoms with E-state index >= 15 is 0 Å². The van der Waals surface area contributed by atoms with Gasteiger partial charge in [0.1, 0.15) is 0 Å². The van der Waals surface area contributed by atoms with E-state index in [1.165, 1.54) is 5.56 Å². The molecule has 0 bridgehead atoms. The molecule has 0 aliphatic heterocycles. The van der Waals surface area contributed by atoms with E-state index in [1.807, 2.05) is 0 Å². The summed E-state index contributed by atoms with van der Waals surface area (Å²) in [6.45, 7) is 11.0. The Hall–Kier alpha value is -0.380. The predicted octanol–water partition coefficient (Wildman–Crippen LogP) is 4.05. The summed E-state index contributed by atoms with van der Waals surface area (Å²) in [4.78, 5) is 2.39. The molecular formula is C16H27BrN2. The molecule has 1 aromatic carbocycles. The fraction of sp³-hybridized carbons (Fsp3) is 0.625. The second-order valence-corrected chi connectivity index (χ2v) is 6.92. The molecule has 1 aromatic rings. The molecule has 0 radical (unpaired) electrons. The molecule has 0 aliphatic carbocycles. The lowest BCUT2D eigenvalue weighted by atomic mass is 10.0. The number of benzene rings is 1. The van der Waals surface area contributed by atoms with Gasteiger partial charge >= 0.3 is 0 Å². The molecule has 0 fully saturated rings. The van der Waals surface area contributed by atoms with E-state index in [2.05, 4.69) is 85.2 Å². The SMILES string of the molecule is CCC(C)(C)NCC(C)N(C)Cc1ccc(Br)cc1. The van der Waals surface area contributed by atoms with E-state index in [0.717, 1.165) is 24.0 Å². The molecule has 0 saturated carbocycles. The number of hydrogen-bond donors (Lipinski definition) is 1. The van der Waals surface area contributed by atoms with Gasteiger partial charge in [0.25, 0.3) is 0 Å². The number of likely N-dealkylation sites (N-methyl/N-ethyl adjacent to an activating group) is 1. The molecule has 0 saturated heterocycles. The molecule has 1 N–H and O–H groups in total. The van der Waals surface area contributed by atoms with Crippen LogP contribution in [0, 0.1) is 0 Å². The minimum absolute atomic E-state index is 0.229. The van der Waals surface area contributed by atoms with Crippen molar-refractivity contribution in [1.82, 2.24) is 10.2 Å². The summed E-state index contributed by atoms with van der Waals surface area (Å²) in [5.41, 5.74) is 1.58. The summed E-state index contributed by atoms with van der Waals surface area (Å²) in [7, 11) is 2.19. The standard InChI is InChI=1S/C16H27BrN2/c1-6-16(3,4)18-11-13(2)19(5)12-14-7-9-15(17)10-8-14/h7-10,13,18H,6,11-12H2,1-5H3. The fourth-order valence-corrected chi connectivity index (χ4v) is 2.00. The smallest absolute Gasteiger partial charge is 0.0234 e. The van der Waals surface area contributed by atoms with Gasteiger partial charge in [-0.25, -0.2) is 0 Å². The summed E-state index contributed by atoms with van der Waals surface area (Å²) in [5, 5.41) is 3.64. The zero-order valence-corrected chi connectivity index (χ0v) is 14.4. The Morgan fingerprint density at radius 2 is 1.84 bits per heavy atom. The third-order valence-corrected chi connectivity index (χ3v) is 4.39. The molecule has 0 spiro atoms. The van der Waals surface area contributed by atoms with Crippen LogP contribution in [0.5, 0.6) is 0 Å². The third kappa shape index (κ3) is 6.07. The second kappa shape index (κ2) is 7.41. The van der Waals surface area contributed by atoms with E-state index in [-0.39, 0.29) is 5.54 Å². The van der Waals surface area contributed by atoms with E-state index in [1.54, 1.807) is 0 Å². The maximum absolute atomic E-state index is 3.64. The summed E-state index contributed by atoms with van der Waals surface area (Å²) in [5.74, 6) is 0. The van der Waals surface area contributed by atoms with Crippen LogP contribution in [-0.4, -0.2) is 30.1 Å². The van der Waals surface area contributed by atoms with E-state index < -0.39 is 0 Å². The van der Waals surface area contributed by atoms with Crippen LogP contribution in [0.3, 0.4) is 0 Å². The minimum atomic E-state index is 0.229. The van der Waals surface area contributed by atoms with E-state index in [4.69, 9.17) is 0 Å². The van der Waals surface area contributed by atoms with Crippen molar-refractivity contribution in [3.63, 3.8) is 0 Å². The Morgan fingerprint density at radius 1 is 1.26 bits per heavy atom. The molecule has 0 amide bonds. The minimum Gasteiger partial charge on any atom is -0.310 e. The first-order valence-electron chi connectivity index (χ1n) is 7.04. The van der Waals surface area contributed by atoms with Crippen molar-refractivity contribution in [3.8, 4) is 0 Å². The Balaban J connectivity index is 2.44. The molecule has 2 nitrogen and oxygen atoms in total. The highest BCUT2D eigenvalue weighted by molar-refractivity contribution is 9.10. The lowest BCUT2D eigenvalue weighted by Gasteiger charge is -2.31. The van der Waals surface area contributed by atoms with Gasteiger partial charge in [-0.3, -0.25) is 4.90 Å². The van der Waals surface area contributed by atoms with Crippen LogP contribution in [0.15, 0.2) is 28.7 Å². The topological polar surface area (TPSA) is 15.3 Å². The quantitative estimate of drug-likeness (QED) is 0.813. The molecule has 108 valence electrons. The van der Waals surface area contributed by atoms with Crippen molar-refractivity contribution < 1.29 is 0 Å². The number of nitrogens with one attached hydrogen (secondary N) is 1. The average molecular weight is 327 g/mol. The van der Waals surface area contributed by atoms with Crippen molar-refractivity contribution in [2.75, 3.05) is 13.6 Å². The molecule has 3 heteroatoms. The van der Waals surface area contributed by atoms with Crippen molar-refractivity contribution in [3.05, 3.63) is 34.3 Å². The highest BCUT2D eigenvalue weighted by Crippen LogP contribution is 2.13. The largest absolute Gasteiger partial charge is 0.310 e. The van der Waals surface area contributed by atoms with Gasteiger partial charge in [0.2, 0.25) is 0 Å². The lowest BCUT2D eigenvalue weighted by Crippen LogP contribution is -2.46. The zero-order chi connectivity index (χ0) is 14.5. The highest BCUT2D eigenvalue weighted by atomic mass is 79.9. The van der Waals surface area contributed by atoms with Crippen LogP contribution in [-0.2, 0) is 6.54 Å². The van der Waals surface area contributed by atoms with Gasteiger partial charge in [-0.2, -0.15) is 0 Å². The lowest BCUT2D eigenvalue weighted by molar-refractivity contribution is 0.223. The maximum atomic E-state index is 3.64. The number of halogens is 1. The van der Waals surface area contributed by atoms with Gasteiger partial charge < -0.3 is 5.32 Å². The molecule has 0 heterocycles. The molecule has 19 heavy (non-hydrogen) atoms. The molecule has 1 atom stereocenters. The van der Waals surface area contributed by atoms with Gasteiger partial charge in [-0.15, -0.1) is 0 Å². The van der Waals surface area contributed by atoms with Gasteiger partial charge in [0.15, 0.2) is 0 Å². The first kappa shape index (κ1) is 16.7. The monoisotopic (exact) mass is 326 g/mol. The van der Waals surface area contributed by atoms with Crippen molar-refractivity contribution in [2.24, 2.45) is 0 Å². The molecular weight excluding hydrogens is 300 g/mol. The number of nitrogens with zero attached hydrogens (tertiary/aromatic N) is 1. The van der Waals surface area contributed by atoms with E-state index in [9.17, 15) is 0 Å². The number of rotatable bonds is 7. The molecule has 0 aromatic heterocycles. The molecule has 1 unspecified atom stereocenters. The Kier molecular flexibility index (Phi) is 6.51. The third-order valence-electron chi connectivity index (χ3n) is 3.86. The van der Waals surface area contributed by atoms with Gasteiger partial charge in [0, 0.05) is 29.1 Å². The van der Waals surface area contributed by atoms with Gasteiger partial charge in [-0.05, 0) is 51.9 Å². The second-order valence-electron chi connectivity index (χ2n) is 6.01. The van der Waals surface area contributed by atoms with E-state index in [0.29, 0.717) is 6.04 Å². The molecule has 0 aliphatic rings. The highest BCUT2D eigenvalue weighted by Gasteiger charge is 2.17. The summed E-state index contributed by atoms with van der Waals surface area (Å²) in [6.07, 6.45) is 1.15. The van der Waals surface area contributed by atoms with Crippen molar-refractivity contribution >= 4 is 15.9 Å². The van der Waals surface area contributed by atoms with Crippen molar-refractivity contribution in [1.29, 1.82) is 0 Å². The molecule has 1 rings (SSSR count). The Labute approximate surface area is 126 Å². The Bertz CT molecular complexity index is 373. The zero-order valence-electron chi connectivity index (χ0n) is 12.8. The van der Waals surface area contributed by atoms with Crippen LogP contribution in [0.1, 0.15) is 39.7 Å². The first-order chi connectivity index (χ1) is 8.84. The normalized spacial score (nSPS) is 13.8. The van der Waals surface area contributed by atoms with Crippen LogP contribution in [0.4, 0.5) is 0 Å². The summed E-state index contributed by atoms with van der Waals surface area (Å²) in [6, 6.07) is 9.08. The first-order valence-corrected chi connectivity index (χ1v) is 7.83. The van der Waals surface area contributed by atoms with Crippen LogP contribution >= 0.6 is 15.9 Å². The predicted molar refractivity (Wildman–Crippen MR) is 87.4 cm³/mol. The van der Waals surface area contributed by atoms with Gasteiger partial charge in [-0.1, -0.05) is 35.0 Å². The number of hydrogen-bond acceptors (Lipinski definition) is 2. The average Bonchev–Trinajstić information content (AvgIpc) is 2.38.